The number of allylic oxidation sites excluding steroid dienone is 3. The van der Waals surface area contributed by atoms with Crippen molar-refractivity contribution in [3.8, 4) is 0 Å². The Labute approximate surface area is 129 Å². The van der Waals surface area contributed by atoms with Crippen molar-refractivity contribution in [3.63, 3.8) is 0 Å². The molecule has 0 N–H and O–H groups in total. The van der Waals surface area contributed by atoms with Gasteiger partial charge in [-0.3, -0.25) is 0 Å². The molecule has 0 amide bonds. The molecule has 0 saturated heterocycles. The molecule has 1 atom stereocenters. The Morgan fingerprint density at radius 1 is 1.19 bits per heavy atom. The molecule has 0 aromatic carbocycles. The number of quaternary nitrogens is 1. The summed E-state index contributed by atoms with van der Waals surface area (Å²) in [7, 11) is 6.02. The third-order valence-corrected chi connectivity index (χ3v) is 2.97. The number of unbranched alkanes of at least 4 members (excludes halogenated alkanes) is 4. The summed E-state index contributed by atoms with van der Waals surface area (Å²) < 4.78 is 6.16. The average molecular weight is 297 g/mol. The molecule has 0 bridgehead atoms. The molecule has 4 nitrogen and oxygen atoms in total. The van der Waals surface area contributed by atoms with Crippen molar-refractivity contribution < 1.29 is 19.1 Å². The van der Waals surface area contributed by atoms with Gasteiger partial charge >= 0.3 is 0 Å². The number of rotatable bonds is 12. The van der Waals surface area contributed by atoms with Crippen molar-refractivity contribution in [2.75, 3.05) is 27.7 Å². The van der Waals surface area contributed by atoms with Gasteiger partial charge in [-0.15, -0.1) is 0 Å². The van der Waals surface area contributed by atoms with E-state index < -0.39 is 5.97 Å². The van der Waals surface area contributed by atoms with E-state index in [1.54, 1.807) is 6.26 Å². The molecule has 0 radical (unpaired) electrons. The van der Waals surface area contributed by atoms with Crippen LogP contribution >= 0.6 is 0 Å². The van der Waals surface area contributed by atoms with Crippen LogP contribution in [-0.2, 0) is 9.53 Å². The van der Waals surface area contributed by atoms with Crippen LogP contribution in [0.3, 0.4) is 0 Å². The van der Waals surface area contributed by atoms with Crippen LogP contribution < -0.4 is 5.11 Å². The van der Waals surface area contributed by atoms with Crippen LogP contribution in [0.15, 0.2) is 24.5 Å². The first kappa shape index (κ1) is 19.7. The second kappa shape index (κ2) is 11.4. The molecule has 0 saturated carbocycles. The lowest BCUT2D eigenvalue weighted by Crippen LogP contribution is -2.44. The Balaban J connectivity index is 4.02. The molecule has 0 aromatic heterocycles. The molecule has 122 valence electrons. The van der Waals surface area contributed by atoms with Crippen molar-refractivity contribution in [2.45, 2.75) is 51.6 Å². The number of hydrogen-bond donors (Lipinski definition) is 0. The molecular formula is C17H31NO3. The van der Waals surface area contributed by atoms with Crippen molar-refractivity contribution in [2.24, 2.45) is 0 Å². The molecule has 4 heteroatoms. The van der Waals surface area contributed by atoms with Gasteiger partial charge in [0.15, 0.2) is 6.10 Å². The van der Waals surface area contributed by atoms with E-state index in [0.29, 0.717) is 11.0 Å². The van der Waals surface area contributed by atoms with Crippen LogP contribution in [0.5, 0.6) is 0 Å². The van der Waals surface area contributed by atoms with Gasteiger partial charge in [0, 0.05) is 12.4 Å². The van der Waals surface area contributed by atoms with E-state index in [1.807, 2.05) is 33.3 Å². The molecule has 1 unspecified atom stereocenters. The van der Waals surface area contributed by atoms with Gasteiger partial charge in [0.1, 0.15) is 6.54 Å². The lowest BCUT2D eigenvalue weighted by Gasteiger charge is -2.28. The maximum absolute atomic E-state index is 10.7. The van der Waals surface area contributed by atoms with Gasteiger partial charge in [0.05, 0.1) is 27.4 Å². The summed E-state index contributed by atoms with van der Waals surface area (Å²) in [6.45, 7) is 2.83. The minimum absolute atomic E-state index is 0.0827. The molecule has 0 spiro atoms. The number of aliphatic carboxylic acids is 1. The highest BCUT2D eigenvalue weighted by Crippen LogP contribution is 2.05. The van der Waals surface area contributed by atoms with Crippen molar-refractivity contribution in [1.82, 2.24) is 0 Å². The van der Waals surface area contributed by atoms with Crippen LogP contribution in [0.25, 0.3) is 0 Å². The Morgan fingerprint density at radius 2 is 1.90 bits per heavy atom. The fourth-order valence-electron chi connectivity index (χ4n) is 2.02. The van der Waals surface area contributed by atoms with Crippen molar-refractivity contribution >= 4 is 5.97 Å². The van der Waals surface area contributed by atoms with Crippen molar-refractivity contribution in [3.05, 3.63) is 24.5 Å². The van der Waals surface area contributed by atoms with Crippen LogP contribution in [-0.4, -0.2) is 44.2 Å². The van der Waals surface area contributed by atoms with Crippen LogP contribution in [0.1, 0.15) is 45.4 Å². The first-order valence-corrected chi connectivity index (χ1v) is 7.82. The Hall–Kier alpha value is -1.29. The van der Waals surface area contributed by atoms with E-state index in [0.717, 1.165) is 6.42 Å². The number of ether oxygens (including phenoxy) is 1. The first-order chi connectivity index (χ1) is 9.85. The number of carboxylic acid groups (broad SMARTS) is 1. The minimum Gasteiger partial charge on any atom is -0.550 e. The van der Waals surface area contributed by atoms with E-state index in [1.165, 1.54) is 25.7 Å². The van der Waals surface area contributed by atoms with Crippen molar-refractivity contribution in [1.29, 1.82) is 0 Å². The molecule has 0 aliphatic carbocycles. The number of nitrogens with zero attached hydrogens (tertiary/aromatic N) is 1. The summed E-state index contributed by atoms with van der Waals surface area (Å²) in [5.41, 5.74) is 0. The fourth-order valence-corrected chi connectivity index (χ4v) is 2.02. The zero-order valence-corrected chi connectivity index (χ0v) is 14.0. The Bertz CT molecular complexity index is 329. The zero-order valence-electron chi connectivity index (χ0n) is 14.0. The van der Waals surface area contributed by atoms with Crippen LogP contribution in [0.2, 0.25) is 0 Å². The molecule has 0 fully saturated rings. The number of likely N-dealkylation sites (N-methyl/N-ethyl adjacent to an activating group) is 1. The summed E-state index contributed by atoms with van der Waals surface area (Å²) in [4.78, 5) is 10.7. The molecule has 0 aromatic rings. The molecule has 0 rings (SSSR count). The summed E-state index contributed by atoms with van der Waals surface area (Å²) >= 11 is 0. The summed E-state index contributed by atoms with van der Waals surface area (Å²) in [5.74, 6) is -1.08. The first-order valence-electron chi connectivity index (χ1n) is 7.82. The topological polar surface area (TPSA) is 49.4 Å². The van der Waals surface area contributed by atoms with Gasteiger partial charge in [-0.1, -0.05) is 38.3 Å². The number of carbonyl (C=O) groups is 1. The highest BCUT2D eigenvalue weighted by atomic mass is 16.5. The maximum Gasteiger partial charge on any atom is 0.152 e. The number of carbonyl (C=O) groups excluding carboxylic acids is 1. The highest BCUT2D eigenvalue weighted by Gasteiger charge is 2.18. The van der Waals surface area contributed by atoms with E-state index >= 15 is 0 Å². The van der Waals surface area contributed by atoms with Gasteiger partial charge in [-0.05, 0) is 18.9 Å². The molecule has 0 aliphatic heterocycles. The third-order valence-electron chi connectivity index (χ3n) is 2.97. The largest absolute Gasteiger partial charge is 0.550 e. The predicted molar refractivity (Wildman–Crippen MR) is 84.4 cm³/mol. The standard InChI is InChI=1S/C17H31NO3/c1-5-6-7-8-9-10-11-12-13-21-16(14-17(19)20)15-18(2,3)4/h10-13,16H,5-9,14-15H2,1-4H3/b11-10-,13-12?. The minimum atomic E-state index is -1.08. The van der Waals surface area contributed by atoms with Crippen LogP contribution in [0.4, 0.5) is 0 Å². The lowest BCUT2D eigenvalue weighted by atomic mass is 10.1. The maximum atomic E-state index is 10.7. The molecule has 0 aliphatic rings. The third kappa shape index (κ3) is 14.9. The molecule has 21 heavy (non-hydrogen) atoms. The fraction of sp³-hybridized carbons (Fsp3) is 0.706. The average Bonchev–Trinajstić information content (AvgIpc) is 2.34. The summed E-state index contributed by atoms with van der Waals surface area (Å²) in [5, 5.41) is 10.7. The lowest BCUT2D eigenvalue weighted by molar-refractivity contribution is -0.873. The number of carboxylic acids is 1. The SMILES string of the molecule is CCCCCC/C=C\C=COC(CC(=O)[O-])C[N+](C)(C)C. The monoisotopic (exact) mass is 297 g/mol. The highest BCUT2D eigenvalue weighted by molar-refractivity contribution is 5.64. The summed E-state index contributed by atoms with van der Waals surface area (Å²) in [6, 6.07) is 0. The van der Waals surface area contributed by atoms with Gasteiger partial charge in [0.2, 0.25) is 0 Å². The van der Waals surface area contributed by atoms with E-state index in [9.17, 15) is 9.90 Å². The molecular weight excluding hydrogens is 266 g/mol. The van der Waals surface area contributed by atoms with E-state index in [2.05, 4.69) is 13.0 Å². The number of hydrogen-bond acceptors (Lipinski definition) is 3. The van der Waals surface area contributed by atoms with Gasteiger partial charge in [0.25, 0.3) is 0 Å². The van der Waals surface area contributed by atoms with E-state index in [-0.39, 0.29) is 12.5 Å². The van der Waals surface area contributed by atoms with E-state index in [4.69, 9.17) is 4.74 Å². The Kier molecular flexibility index (Phi) is 10.7. The van der Waals surface area contributed by atoms with Crippen LogP contribution in [0, 0.1) is 0 Å². The zero-order chi connectivity index (χ0) is 16.1. The smallest absolute Gasteiger partial charge is 0.152 e. The second-order valence-corrected chi connectivity index (χ2v) is 6.41. The van der Waals surface area contributed by atoms with Gasteiger partial charge in [-0.2, -0.15) is 0 Å². The quantitative estimate of drug-likeness (QED) is 0.240. The predicted octanol–water partition coefficient (Wildman–Crippen LogP) is 2.26. The second-order valence-electron chi connectivity index (χ2n) is 6.41. The van der Waals surface area contributed by atoms with Gasteiger partial charge in [-0.25, -0.2) is 0 Å². The summed E-state index contributed by atoms with van der Waals surface area (Å²) in [6.07, 6.45) is 13.1. The Morgan fingerprint density at radius 3 is 2.48 bits per heavy atom. The molecule has 0 heterocycles. The normalized spacial score (nSPS) is 13.9. The van der Waals surface area contributed by atoms with Gasteiger partial charge < -0.3 is 19.1 Å².